The predicted octanol–water partition coefficient (Wildman–Crippen LogP) is 3.29. The zero-order valence-corrected chi connectivity index (χ0v) is 12.7. The molecule has 1 aromatic heterocycles. The first-order valence-corrected chi connectivity index (χ1v) is 7.40. The molecule has 0 aliphatic carbocycles. The molecule has 110 valence electrons. The highest BCUT2D eigenvalue weighted by Crippen LogP contribution is 2.27. The van der Waals surface area contributed by atoms with Gasteiger partial charge in [0.2, 0.25) is 0 Å². The first kappa shape index (κ1) is 14.3. The Morgan fingerprint density at radius 2 is 2.19 bits per heavy atom. The van der Waals surface area contributed by atoms with Crippen molar-refractivity contribution in [3.05, 3.63) is 51.8 Å². The third kappa shape index (κ3) is 3.17. The van der Waals surface area contributed by atoms with Gasteiger partial charge in [0.25, 0.3) is 5.91 Å². The summed E-state index contributed by atoms with van der Waals surface area (Å²) in [6, 6.07) is 6.94. The monoisotopic (exact) mass is 324 g/mol. The Balaban J connectivity index is 1.60. The number of ether oxygens (including phenoxy) is 1. The molecule has 1 amide bonds. The number of rotatable bonds is 3. The number of nitrogens with one attached hydrogen (secondary N) is 1. The second-order valence-corrected chi connectivity index (χ2v) is 5.75. The number of halogens is 2. The van der Waals surface area contributed by atoms with Gasteiger partial charge in [-0.25, -0.2) is 0 Å². The normalized spacial score (nSPS) is 13.9. The summed E-state index contributed by atoms with van der Waals surface area (Å²) in [7, 11) is 0. The Hall–Kier alpha value is -1.65. The number of carbonyl (C=O) groups excluding carboxylic acids is 1. The van der Waals surface area contributed by atoms with Crippen LogP contribution < -0.4 is 4.74 Å². The van der Waals surface area contributed by atoms with Gasteiger partial charge in [-0.05, 0) is 29.8 Å². The molecular formula is C15H14Cl2N2O2. The Morgan fingerprint density at radius 1 is 1.33 bits per heavy atom. The fourth-order valence-electron chi connectivity index (χ4n) is 2.38. The van der Waals surface area contributed by atoms with E-state index in [1.54, 1.807) is 23.1 Å². The summed E-state index contributed by atoms with van der Waals surface area (Å²) >= 11 is 11.8. The van der Waals surface area contributed by atoms with Crippen molar-refractivity contribution in [2.45, 2.75) is 13.0 Å². The maximum atomic E-state index is 12.2. The van der Waals surface area contributed by atoms with Gasteiger partial charge in [-0.1, -0.05) is 23.2 Å². The van der Waals surface area contributed by atoms with Crippen molar-refractivity contribution >= 4 is 29.1 Å². The average molecular weight is 325 g/mol. The van der Waals surface area contributed by atoms with E-state index in [0.717, 1.165) is 6.42 Å². The van der Waals surface area contributed by atoms with Crippen LogP contribution >= 0.6 is 23.2 Å². The fraction of sp³-hybridized carbons (Fsp3) is 0.267. The molecule has 1 aliphatic rings. The number of amides is 1. The largest absolute Gasteiger partial charge is 0.482 e. The van der Waals surface area contributed by atoms with Crippen molar-refractivity contribution in [2.24, 2.45) is 0 Å². The van der Waals surface area contributed by atoms with E-state index in [1.165, 1.54) is 11.3 Å². The highest BCUT2D eigenvalue weighted by molar-refractivity contribution is 6.35. The molecule has 0 atom stereocenters. The Labute approximate surface area is 132 Å². The van der Waals surface area contributed by atoms with E-state index >= 15 is 0 Å². The molecule has 0 radical (unpaired) electrons. The van der Waals surface area contributed by atoms with Crippen LogP contribution in [0.15, 0.2) is 30.5 Å². The van der Waals surface area contributed by atoms with Crippen LogP contribution in [-0.2, 0) is 17.8 Å². The van der Waals surface area contributed by atoms with E-state index in [-0.39, 0.29) is 12.5 Å². The lowest BCUT2D eigenvalue weighted by Crippen LogP contribution is -2.38. The molecule has 0 spiro atoms. The maximum Gasteiger partial charge on any atom is 0.260 e. The van der Waals surface area contributed by atoms with Gasteiger partial charge in [0, 0.05) is 36.4 Å². The molecule has 6 heteroatoms. The lowest BCUT2D eigenvalue weighted by atomic mass is 10.1. The van der Waals surface area contributed by atoms with Crippen molar-refractivity contribution in [3.8, 4) is 5.75 Å². The molecule has 0 fully saturated rings. The number of hydrogen-bond donors (Lipinski definition) is 1. The smallest absolute Gasteiger partial charge is 0.260 e. The van der Waals surface area contributed by atoms with Crippen LogP contribution in [0.1, 0.15) is 11.3 Å². The summed E-state index contributed by atoms with van der Waals surface area (Å²) in [5, 5.41) is 0.941. The molecule has 2 heterocycles. The molecule has 0 saturated heterocycles. The first-order chi connectivity index (χ1) is 10.1. The van der Waals surface area contributed by atoms with Gasteiger partial charge in [0.1, 0.15) is 5.75 Å². The molecule has 21 heavy (non-hydrogen) atoms. The lowest BCUT2D eigenvalue weighted by Gasteiger charge is -2.27. The number of nitrogens with zero attached hydrogens (tertiary/aromatic N) is 1. The van der Waals surface area contributed by atoms with E-state index < -0.39 is 0 Å². The van der Waals surface area contributed by atoms with Crippen LogP contribution in [0, 0.1) is 0 Å². The van der Waals surface area contributed by atoms with Crippen LogP contribution in [0.3, 0.4) is 0 Å². The van der Waals surface area contributed by atoms with Crippen molar-refractivity contribution in [3.63, 3.8) is 0 Å². The van der Waals surface area contributed by atoms with Crippen molar-refractivity contribution < 1.29 is 9.53 Å². The lowest BCUT2D eigenvalue weighted by molar-refractivity contribution is -0.134. The van der Waals surface area contributed by atoms with E-state index in [1.807, 2.05) is 12.3 Å². The Morgan fingerprint density at radius 3 is 3.00 bits per heavy atom. The van der Waals surface area contributed by atoms with E-state index in [4.69, 9.17) is 27.9 Å². The van der Waals surface area contributed by atoms with Gasteiger partial charge in [0.15, 0.2) is 6.61 Å². The molecule has 1 aromatic carbocycles. The second-order valence-electron chi connectivity index (χ2n) is 4.91. The van der Waals surface area contributed by atoms with Gasteiger partial charge in [0.05, 0.1) is 5.02 Å². The zero-order chi connectivity index (χ0) is 14.8. The Bertz CT molecular complexity index is 669. The summed E-state index contributed by atoms with van der Waals surface area (Å²) in [5.41, 5.74) is 2.37. The van der Waals surface area contributed by atoms with E-state index in [0.29, 0.717) is 28.9 Å². The number of H-pyrrole nitrogens is 1. The summed E-state index contributed by atoms with van der Waals surface area (Å²) < 4.78 is 5.49. The van der Waals surface area contributed by atoms with Crippen LogP contribution in [-0.4, -0.2) is 28.9 Å². The molecule has 1 N–H and O–H groups in total. The number of fused-ring (bicyclic) bond motifs is 1. The highest BCUT2D eigenvalue weighted by Gasteiger charge is 2.21. The second kappa shape index (κ2) is 6.00. The van der Waals surface area contributed by atoms with Gasteiger partial charge >= 0.3 is 0 Å². The van der Waals surface area contributed by atoms with Crippen LogP contribution in [0.25, 0.3) is 0 Å². The summed E-state index contributed by atoms with van der Waals surface area (Å²) in [6.07, 6.45) is 2.75. The number of hydrogen-bond acceptors (Lipinski definition) is 2. The molecule has 0 saturated carbocycles. The summed E-state index contributed by atoms with van der Waals surface area (Å²) in [6.45, 7) is 1.29. The fourth-order valence-corrected chi connectivity index (χ4v) is 2.85. The van der Waals surface area contributed by atoms with Gasteiger partial charge in [-0.2, -0.15) is 0 Å². The van der Waals surface area contributed by atoms with Gasteiger partial charge in [-0.15, -0.1) is 0 Å². The molecule has 0 bridgehead atoms. The number of carbonyl (C=O) groups is 1. The number of aromatic amines is 1. The minimum atomic E-state index is -0.0483. The quantitative estimate of drug-likeness (QED) is 0.941. The summed E-state index contributed by atoms with van der Waals surface area (Å²) in [5.74, 6) is 0.418. The number of benzene rings is 1. The van der Waals surface area contributed by atoms with Crippen molar-refractivity contribution in [1.82, 2.24) is 9.88 Å². The van der Waals surface area contributed by atoms with Crippen molar-refractivity contribution in [2.75, 3.05) is 13.2 Å². The first-order valence-electron chi connectivity index (χ1n) is 6.64. The van der Waals surface area contributed by atoms with Crippen LogP contribution in [0.5, 0.6) is 5.75 Å². The average Bonchev–Trinajstić information content (AvgIpc) is 2.93. The molecule has 2 aromatic rings. The topological polar surface area (TPSA) is 45.3 Å². The summed E-state index contributed by atoms with van der Waals surface area (Å²) in [4.78, 5) is 17.2. The molecule has 4 nitrogen and oxygen atoms in total. The molecule has 0 unspecified atom stereocenters. The predicted molar refractivity (Wildman–Crippen MR) is 81.9 cm³/mol. The Kier molecular flexibility index (Phi) is 4.08. The standard InChI is InChI=1S/C15H14Cl2N2O2/c16-11-1-2-14(12(17)7-11)21-9-15(20)19-6-4-13-10(8-19)3-5-18-13/h1-3,5,7,18H,4,6,8-9H2. The maximum absolute atomic E-state index is 12.2. The third-order valence-electron chi connectivity index (χ3n) is 3.52. The van der Waals surface area contributed by atoms with Gasteiger partial charge in [-0.3, -0.25) is 4.79 Å². The van der Waals surface area contributed by atoms with Crippen LogP contribution in [0.4, 0.5) is 0 Å². The van der Waals surface area contributed by atoms with Crippen molar-refractivity contribution in [1.29, 1.82) is 0 Å². The van der Waals surface area contributed by atoms with E-state index in [9.17, 15) is 4.79 Å². The minimum Gasteiger partial charge on any atom is -0.482 e. The minimum absolute atomic E-state index is 0.0267. The van der Waals surface area contributed by atoms with Crippen LogP contribution in [0.2, 0.25) is 10.0 Å². The third-order valence-corrected chi connectivity index (χ3v) is 4.05. The molecular weight excluding hydrogens is 311 g/mol. The van der Waals surface area contributed by atoms with Gasteiger partial charge < -0.3 is 14.6 Å². The zero-order valence-electron chi connectivity index (χ0n) is 11.2. The molecule has 1 aliphatic heterocycles. The van der Waals surface area contributed by atoms with E-state index in [2.05, 4.69) is 4.98 Å². The number of aromatic nitrogens is 1. The SMILES string of the molecule is O=C(COc1ccc(Cl)cc1Cl)N1CCc2[nH]ccc2C1. The molecule has 3 rings (SSSR count). The highest BCUT2D eigenvalue weighted by atomic mass is 35.5.